The molecule has 0 aromatic carbocycles. The number of nitrogens with two attached hydrogens (primary N) is 1. The van der Waals surface area contributed by atoms with E-state index in [2.05, 4.69) is 13.8 Å². The van der Waals surface area contributed by atoms with Gasteiger partial charge in [0.25, 0.3) is 0 Å². The highest BCUT2D eigenvalue weighted by Crippen LogP contribution is 2.35. The average Bonchev–Trinajstić information content (AvgIpc) is 2.31. The molecule has 1 aliphatic rings. The minimum Gasteiger partial charge on any atom is -0.327 e. The monoisotopic (exact) mass is 275 g/mol. The number of hydrogen-bond acceptors (Lipinski definition) is 3. The molecule has 18 heavy (non-hydrogen) atoms. The Bertz CT molecular complexity index is 338. The van der Waals surface area contributed by atoms with E-state index < -0.39 is 9.84 Å². The summed E-state index contributed by atoms with van der Waals surface area (Å²) in [4.78, 5) is 0. The third-order valence-electron chi connectivity index (χ3n) is 4.49. The quantitative estimate of drug-likeness (QED) is 0.810. The van der Waals surface area contributed by atoms with E-state index in [1.807, 2.05) is 0 Å². The zero-order valence-electron chi connectivity index (χ0n) is 12.1. The average molecular weight is 275 g/mol. The van der Waals surface area contributed by atoms with Gasteiger partial charge in [-0.25, -0.2) is 8.42 Å². The summed E-state index contributed by atoms with van der Waals surface area (Å²) in [7, 11) is -2.81. The van der Waals surface area contributed by atoms with Crippen molar-refractivity contribution in [3.8, 4) is 0 Å². The molecule has 0 bridgehead atoms. The minimum atomic E-state index is -2.81. The van der Waals surface area contributed by atoms with Crippen molar-refractivity contribution in [1.82, 2.24) is 0 Å². The van der Waals surface area contributed by atoms with E-state index in [0.29, 0.717) is 11.7 Å². The molecule has 0 saturated heterocycles. The van der Waals surface area contributed by atoms with Crippen LogP contribution in [-0.4, -0.2) is 26.0 Å². The first-order valence-electron chi connectivity index (χ1n) is 7.31. The van der Waals surface area contributed by atoms with Crippen LogP contribution in [0.3, 0.4) is 0 Å². The van der Waals surface area contributed by atoms with Gasteiger partial charge in [-0.15, -0.1) is 0 Å². The van der Waals surface area contributed by atoms with E-state index >= 15 is 0 Å². The fraction of sp³-hybridized carbons (Fsp3) is 1.00. The second-order valence-corrected chi connectivity index (χ2v) is 8.59. The molecule has 1 rings (SSSR count). The van der Waals surface area contributed by atoms with Gasteiger partial charge in [0.1, 0.15) is 9.84 Å². The first-order valence-corrected chi connectivity index (χ1v) is 9.14. The summed E-state index contributed by atoms with van der Waals surface area (Å²) in [6.45, 7) is 6.27. The summed E-state index contributed by atoms with van der Waals surface area (Å²) in [5.74, 6) is 2.62. The first kappa shape index (κ1) is 16.0. The second kappa shape index (κ2) is 6.90. The fourth-order valence-corrected chi connectivity index (χ4v) is 3.87. The molecular weight excluding hydrogens is 246 g/mol. The van der Waals surface area contributed by atoms with Crippen molar-refractivity contribution in [2.75, 3.05) is 11.5 Å². The van der Waals surface area contributed by atoms with Crippen LogP contribution in [0.2, 0.25) is 0 Å². The normalized spacial score (nSPS) is 29.7. The van der Waals surface area contributed by atoms with Crippen molar-refractivity contribution < 1.29 is 8.42 Å². The fourth-order valence-electron chi connectivity index (χ4n) is 2.97. The molecule has 0 spiro atoms. The summed E-state index contributed by atoms with van der Waals surface area (Å²) in [6, 6.07) is 0.282. The zero-order chi connectivity index (χ0) is 13.8. The molecule has 108 valence electrons. The van der Waals surface area contributed by atoms with E-state index in [4.69, 9.17) is 5.73 Å². The summed E-state index contributed by atoms with van der Waals surface area (Å²) in [6.07, 6.45) is 5.28. The van der Waals surface area contributed by atoms with E-state index in [1.54, 1.807) is 6.92 Å². The lowest BCUT2D eigenvalue weighted by molar-refractivity contribution is 0.182. The largest absolute Gasteiger partial charge is 0.327 e. The molecular formula is C14H29NO2S. The van der Waals surface area contributed by atoms with Crippen LogP contribution in [0.4, 0.5) is 0 Å². The number of sulfone groups is 1. The van der Waals surface area contributed by atoms with Crippen LogP contribution in [0.25, 0.3) is 0 Å². The van der Waals surface area contributed by atoms with Crippen LogP contribution in [0.5, 0.6) is 0 Å². The molecule has 0 radical (unpaired) electrons. The van der Waals surface area contributed by atoms with Crippen LogP contribution in [-0.2, 0) is 9.84 Å². The van der Waals surface area contributed by atoms with Crippen molar-refractivity contribution >= 4 is 9.84 Å². The third-order valence-corrected chi connectivity index (χ3v) is 6.29. The van der Waals surface area contributed by atoms with Crippen molar-refractivity contribution in [3.63, 3.8) is 0 Å². The SMILES string of the molecule is CCS(=O)(=O)CCCC1CC(C(C)C)CCC1N. The summed E-state index contributed by atoms with van der Waals surface area (Å²) in [5, 5.41) is 0. The van der Waals surface area contributed by atoms with Gasteiger partial charge in [-0.3, -0.25) is 0 Å². The molecule has 1 fully saturated rings. The molecule has 0 heterocycles. The van der Waals surface area contributed by atoms with Gasteiger partial charge in [0, 0.05) is 11.8 Å². The van der Waals surface area contributed by atoms with Gasteiger partial charge in [-0.2, -0.15) is 0 Å². The molecule has 1 aliphatic carbocycles. The lowest BCUT2D eigenvalue weighted by atomic mass is 9.72. The summed E-state index contributed by atoms with van der Waals surface area (Å²) >= 11 is 0. The maximum absolute atomic E-state index is 11.5. The molecule has 0 aromatic rings. The molecule has 0 aliphatic heterocycles. The van der Waals surface area contributed by atoms with Crippen LogP contribution in [0, 0.1) is 17.8 Å². The van der Waals surface area contributed by atoms with Gasteiger partial charge in [-0.1, -0.05) is 20.8 Å². The smallest absolute Gasteiger partial charge is 0.150 e. The maximum Gasteiger partial charge on any atom is 0.150 e. The van der Waals surface area contributed by atoms with E-state index in [1.165, 1.54) is 12.8 Å². The Labute approximate surface area is 112 Å². The highest BCUT2D eigenvalue weighted by molar-refractivity contribution is 7.91. The number of hydrogen-bond donors (Lipinski definition) is 1. The van der Waals surface area contributed by atoms with Gasteiger partial charge in [-0.05, 0) is 49.9 Å². The van der Waals surface area contributed by atoms with E-state index in [9.17, 15) is 8.42 Å². The van der Waals surface area contributed by atoms with Gasteiger partial charge in [0.05, 0.1) is 5.75 Å². The predicted molar refractivity (Wildman–Crippen MR) is 77.2 cm³/mol. The minimum absolute atomic E-state index is 0.262. The Hall–Kier alpha value is -0.0900. The molecule has 0 aromatic heterocycles. The lowest BCUT2D eigenvalue weighted by Crippen LogP contribution is -2.37. The van der Waals surface area contributed by atoms with Gasteiger partial charge < -0.3 is 5.73 Å². The van der Waals surface area contributed by atoms with E-state index in [0.717, 1.165) is 31.1 Å². The van der Waals surface area contributed by atoms with Crippen LogP contribution in [0.1, 0.15) is 52.9 Å². The van der Waals surface area contributed by atoms with Crippen molar-refractivity contribution in [2.24, 2.45) is 23.5 Å². The molecule has 3 atom stereocenters. The summed E-state index contributed by atoms with van der Waals surface area (Å²) < 4.78 is 22.9. The predicted octanol–water partition coefficient (Wildman–Crippen LogP) is 2.60. The summed E-state index contributed by atoms with van der Waals surface area (Å²) in [5.41, 5.74) is 6.17. The van der Waals surface area contributed by atoms with E-state index in [-0.39, 0.29) is 11.8 Å². The van der Waals surface area contributed by atoms with Gasteiger partial charge in [0.15, 0.2) is 0 Å². The van der Waals surface area contributed by atoms with Crippen molar-refractivity contribution in [3.05, 3.63) is 0 Å². The van der Waals surface area contributed by atoms with Crippen LogP contribution < -0.4 is 5.73 Å². The highest BCUT2D eigenvalue weighted by atomic mass is 32.2. The van der Waals surface area contributed by atoms with Crippen molar-refractivity contribution in [2.45, 2.75) is 58.9 Å². The molecule has 1 saturated carbocycles. The topological polar surface area (TPSA) is 60.2 Å². The van der Waals surface area contributed by atoms with Crippen molar-refractivity contribution in [1.29, 1.82) is 0 Å². The van der Waals surface area contributed by atoms with Gasteiger partial charge in [0.2, 0.25) is 0 Å². The lowest BCUT2D eigenvalue weighted by Gasteiger charge is -2.36. The number of rotatable bonds is 6. The first-order chi connectivity index (χ1) is 8.35. The third kappa shape index (κ3) is 4.88. The Morgan fingerprint density at radius 2 is 1.94 bits per heavy atom. The van der Waals surface area contributed by atoms with Crippen LogP contribution >= 0.6 is 0 Å². The van der Waals surface area contributed by atoms with Gasteiger partial charge >= 0.3 is 0 Å². The molecule has 3 nitrogen and oxygen atoms in total. The second-order valence-electron chi connectivity index (χ2n) is 6.12. The van der Waals surface area contributed by atoms with Crippen LogP contribution in [0.15, 0.2) is 0 Å². The Morgan fingerprint density at radius 1 is 1.28 bits per heavy atom. The Kier molecular flexibility index (Phi) is 6.12. The highest BCUT2D eigenvalue weighted by Gasteiger charge is 2.29. The Morgan fingerprint density at radius 3 is 2.50 bits per heavy atom. The molecule has 3 unspecified atom stereocenters. The molecule has 2 N–H and O–H groups in total. The Balaban J connectivity index is 2.40. The zero-order valence-corrected chi connectivity index (χ0v) is 12.9. The molecule has 4 heteroatoms. The molecule has 0 amide bonds. The standard InChI is InChI=1S/C14H29NO2S/c1-4-18(16,17)9-5-6-13-10-12(11(2)3)7-8-14(13)15/h11-14H,4-10,15H2,1-3H3. The maximum atomic E-state index is 11.5.